The van der Waals surface area contributed by atoms with E-state index in [4.69, 9.17) is 0 Å². The van der Waals surface area contributed by atoms with Gasteiger partial charge < -0.3 is 10.6 Å². The largest absolute Gasteiger partial charge is 0.355 e. The second kappa shape index (κ2) is 13.4. The Morgan fingerprint density at radius 3 is 1.16 bits per heavy atom. The molecule has 0 aromatic heterocycles. The van der Waals surface area contributed by atoms with Crippen LogP contribution in [0.25, 0.3) is 0 Å². The monoisotopic (exact) mass is 698 g/mol. The van der Waals surface area contributed by atoms with E-state index in [9.17, 15) is 25.9 Å². The van der Waals surface area contributed by atoms with Crippen LogP contribution in [0.1, 0.15) is 67.1 Å². The van der Waals surface area contributed by atoms with Crippen LogP contribution < -0.4 is 10.6 Å². The highest BCUT2D eigenvalue weighted by Gasteiger charge is 2.24. The van der Waals surface area contributed by atoms with Crippen LogP contribution in [-0.4, -0.2) is 25.9 Å². The molecule has 49 heavy (non-hydrogen) atoms. The van der Waals surface area contributed by atoms with E-state index < -0.39 is 20.2 Å². The molecule has 0 heterocycles. The third-order valence-electron chi connectivity index (χ3n) is 9.18. The summed E-state index contributed by atoms with van der Waals surface area (Å²) in [5.41, 5.74) is 12.0. The van der Waals surface area contributed by atoms with Gasteiger partial charge in [0.05, 0.1) is 0 Å². The smallest absolute Gasteiger partial charge is 0.295 e. The molecule has 5 aromatic rings. The molecule has 5 aromatic carbocycles. The first kappa shape index (κ1) is 35.8. The molecular formula is C39H42N2O6S2. The average molecular weight is 699 g/mol. The molecule has 0 aliphatic carbocycles. The van der Waals surface area contributed by atoms with Gasteiger partial charge in [-0.05, 0) is 141 Å². The molecule has 0 saturated heterocycles. The Hall–Kier alpha value is -4.48. The van der Waals surface area contributed by atoms with Gasteiger partial charge in [0.2, 0.25) is 0 Å². The van der Waals surface area contributed by atoms with Gasteiger partial charge in [0.15, 0.2) is 0 Å². The molecule has 0 radical (unpaired) electrons. The maximum atomic E-state index is 12.1. The second-order valence-electron chi connectivity index (χ2n) is 12.9. The summed E-state index contributed by atoms with van der Waals surface area (Å²) >= 11 is 0. The van der Waals surface area contributed by atoms with Crippen molar-refractivity contribution >= 4 is 43.0 Å². The maximum Gasteiger partial charge on any atom is 0.295 e. The minimum Gasteiger partial charge on any atom is -0.355 e. The topological polar surface area (TPSA) is 133 Å². The van der Waals surface area contributed by atoms with Crippen LogP contribution in [0.4, 0.5) is 22.7 Å². The normalized spacial score (nSPS) is 12.0. The molecule has 256 valence electrons. The summed E-state index contributed by atoms with van der Waals surface area (Å²) in [5.74, 6) is -0.104. The molecule has 0 aliphatic rings. The highest BCUT2D eigenvalue weighted by molar-refractivity contribution is 7.86. The molecule has 0 atom stereocenters. The second-order valence-corrected chi connectivity index (χ2v) is 15.6. The number of nitrogens with one attached hydrogen (secondary N) is 2. The van der Waals surface area contributed by atoms with Crippen molar-refractivity contribution in [3.8, 4) is 0 Å². The molecule has 0 aliphatic heterocycles. The maximum absolute atomic E-state index is 12.1. The first-order valence-electron chi connectivity index (χ1n) is 15.8. The van der Waals surface area contributed by atoms with Crippen molar-refractivity contribution in [3.05, 3.63) is 140 Å². The molecule has 0 fully saturated rings. The van der Waals surface area contributed by atoms with E-state index in [0.717, 1.165) is 44.8 Å². The van der Waals surface area contributed by atoms with Crippen LogP contribution in [0.2, 0.25) is 0 Å². The Balaban J connectivity index is 1.52. The molecular weight excluding hydrogens is 657 g/mol. The lowest BCUT2D eigenvalue weighted by Crippen LogP contribution is -2.09. The fourth-order valence-corrected chi connectivity index (χ4v) is 9.04. The third kappa shape index (κ3) is 7.28. The zero-order valence-electron chi connectivity index (χ0n) is 28.9. The van der Waals surface area contributed by atoms with Gasteiger partial charge in [0, 0.05) is 28.7 Å². The summed E-state index contributed by atoms with van der Waals surface area (Å²) in [6.07, 6.45) is 0. The van der Waals surface area contributed by atoms with Gasteiger partial charge in [-0.25, -0.2) is 0 Å². The molecule has 0 spiro atoms. The Labute approximate surface area is 289 Å². The quantitative estimate of drug-likeness (QED) is 0.0885. The van der Waals surface area contributed by atoms with Gasteiger partial charge in [-0.3, -0.25) is 9.11 Å². The number of aryl methyl sites for hydroxylation is 6. The van der Waals surface area contributed by atoms with Crippen molar-refractivity contribution in [1.82, 2.24) is 0 Å². The van der Waals surface area contributed by atoms with Gasteiger partial charge in [0.1, 0.15) is 9.79 Å². The summed E-state index contributed by atoms with van der Waals surface area (Å²) in [5, 5.41) is 6.74. The summed E-state index contributed by atoms with van der Waals surface area (Å²) in [4.78, 5) is -0.173. The van der Waals surface area contributed by atoms with Crippen LogP contribution in [0.5, 0.6) is 0 Å². The summed E-state index contributed by atoms with van der Waals surface area (Å²) in [6, 6.07) is 25.8. The van der Waals surface area contributed by atoms with E-state index in [2.05, 4.69) is 60.9 Å². The van der Waals surface area contributed by atoms with E-state index in [0.29, 0.717) is 33.6 Å². The van der Waals surface area contributed by atoms with Gasteiger partial charge in [0.25, 0.3) is 20.2 Å². The van der Waals surface area contributed by atoms with E-state index in [1.165, 1.54) is 5.56 Å². The van der Waals surface area contributed by atoms with Crippen LogP contribution >= 0.6 is 0 Å². The summed E-state index contributed by atoms with van der Waals surface area (Å²) in [6.45, 7) is 14.7. The van der Waals surface area contributed by atoms with Crippen LogP contribution in [-0.2, 0) is 20.2 Å². The number of rotatable bonds is 9. The molecule has 0 saturated carbocycles. The molecule has 5 rings (SSSR count). The average Bonchev–Trinajstić information content (AvgIpc) is 2.98. The van der Waals surface area contributed by atoms with Gasteiger partial charge in [-0.2, -0.15) is 16.8 Å². The Kier molecular flexibility index (Phi) is 9.82. The Bertz CT molecular complexity index is 2140. The molecule has 4 N–H and O–H groups in total. The fraction of sp³-hybridized carbons (Fsp3) is 0.231. The van der Waals surface area contributed by atoms with E-state index >= 15 is 0 Å². The zero-order valence-corrected chi connectivity index (χ0v) is 30.6. The lowest BCUT2D eigenvalue weighted by molar-refractivity contribution is 0.479. The van der Waals surface area contributed by atoms with Crippen molar-refractivity contribution in [2.24, 2.45) is 0 Å². The Morgan fingerprint density at radius 2 is 0.837 bits per heavy atom. The van der Waals surface area contributed by atoms with Gasteiger partial charge >= 0.3 is 0 Å². The summed E-state index contributed by atoms with van der Waals surface area (Å²) in [7, 11) is -8.79. The summed E-state index contributed by atoms with van der Waals surface area (Å²) < 4.78 is 68.3. The minimum atomic E-state index is -4.40. The fourth-order valence-electron chi connectivity index (χ4n) is 7.13. The molecule has 0 amide bonds. The molecule has 0 unspecified atom stereocenters. The van der Waals surface area contributed by atoms with E-state index in [1.807, 2.05) is 44.2 Å². The van der Waals surface area contributed by atoms with Crippen LogP contribution in [0.15, 0.2) is 88.7 Å². The number of hydrogen-bond acceptors (Lipinski definition) is 6. The highest BCUT2D eigenvalue weighted by atomic mass is 32.2. The predicted octanol–water partition coefficient (Wildman–Crippen LogP) is 9.31. The van der Waals surface area contributed by atoms with Crippen molar-refractivity contribution in [1.29, 1.82) is 0 Å². The lowest BCUT2D eigenvalue weighted by atomic mass is 9.81. The van der Waals surface area contributed by atoms with E-state index in [1.54, 1.807) is 39.8 Å². The molecule has 8 nitrogen and oxygen atoms in total. The lowest BCUT2D eigenvalue weighted by Gasteiger charge is -2.24. The first-order chi connectivity index (χ1) is 22.9. The van der Waals surface area contributed by atoms with Crippen molar-refractivity contribution in [3.63, 3.8) is 0 Å². The van der Waals surface area contributed by atoms with Crippen molar-refractivity contribution in [2.45, 2.75) is 71.1 Å². The highest BCUT2D eigenvalue weighted by Crippen LogP contribution is 2.39. The van der Waals surface area contributed by atoms with Gasteiger partial charge in [-0.1, -0.05) is 54.6 Å². The Morgan fingerprint density at radius 1 is 0.490 bits per heavy atom. The van der Waals surface area contributed by atoms with Crippen molar-refractivity contribution in [2.75, 3.05) is 10.6 Å². The van der Waals surface area contributed by atoms with Crippen LogP contribution in [0.3, 0.4) is 0 Å². The van der Waals surface area contributed by atoms with E-state index in [-0.39, 0.29) is 15.7 Å². The van der Waals surface area contributed by atoms with Gasteiger partial charge in [-0.15, -0.1) is 0 Å². The molecule has 10 heteroatoms. The number of benzene rings is 5. The third-order valence-corrected chi connectivity index (χ3v) is 11.5. The SMILES string of the molecule is Cc1cc(C)c(S(=O)(=O)O)c(C)c1Nc1ccc(C(c2ccc(Nc3c(C)cc(C)c(S(=O)(=O)O)c3C)cc2)c2c(C)cccc2C)cc1. The zero-order chi connectivity index (χ0) is 36.0. The first-order valence-corrected chi connectivity index (χ1v) is 18.7. The predicted molar refractivity (Wildman–Crippen MR) is 197 cm³/mol. The van der Waals surface area contributed by atoms with Crippen molar-refractivity contribution < 1.29 is 25.9 Å². The number of hydrogen-bond donors (Lipinski definition) is 4. The minimum absolute atomic E-state index is 0.0863. The van der Waals surface area contributed by atoms with Crippen LogP contribution in [0, 0.1) is 55.4 Å². The molecule has 0 bridgehead atoms. The number of anilines is 4. The standard InChI is InChI=1S/C39H42N2O6S2/c1-22-10-9-11-23(2)34(22)35(30-12-16-32(17-13-30)40-36-24(3)20-26(5)38(28(36)7)48(42,43)44)31-14-18-33(19-15-31)41-37-25(4)21-27(6)39(29(37)8)49(45,46)47/h9-21,35,40-41H,1-8H3,(H,42,43,44)(H,45,46,47).